The van der Waals surface area contributed by atoms with Crippen LogP contribution in [0.15, 0.2) is 53.3 Å². The molecular weight excluding hydrogens is 438 g/mol. The van der Waals surface area contributed by atoms with Crippen LogP contribution in [0, 0.1) is 5.92 Å². The van der Waals surface area contributed by atoms with E-state index in [1.807, 2.05) is 42.5 Å². The third-order valence-corrected chi connectivity index (χ3v) is 6.88. The number of aromatic nitrogens is 1. The van der Waals surface area contributed by atoms with Gasteiger partial charge in [0.25, 0.3) is 5.56 Å². The standard InChI is InChI=1S/C26H28ClN3O3/c27-19-10-11-22-21(14-19)23(17-6-2-1-3-7-17)24(26(32)29-22)30-12-4-8-18(16-30)25(31)28-15-20-9-5-13-33-20/h1-3,6-7,10-11,14,18,20H,4-5,8-9,12-13,15-16H2,(H,28,31)(H,29,32)/t18-,20-/m1/s1. The van der Waals surface area contributed by atoms with Crippen molar-refractivity contribution in [1.82, 2.24) is 10.3 Å². The van der Waals surface area contributed by atoms with Crippen LogP contribution in [-0.4, -0.2) is 43.2 Å². The predicted octanol–water partition coefficient (Wildman–Crippen LogP) is 4.36. The number of carbonyl (C=O) groups excluding carboxylic acids is 1. The van der Waals surface area contributed by atoms with Gasteiger partial charge in [-0.2, -0.15) is 0 Å². The van der Waals surface area contributed by atoms with Crippen LogP contribution >= 0.6 is 11.6 Å². The lowest BCUT2D eigenvalue weighted by Gasteiger charge is -2.34. The quantitative estimate of drug-likeness (QED) is 0.587. The first kappa shape index (κ1) is 22.0. The predicted molar refractivity (Wildman–Crippen MR) is 132 cm³/mol. The molecule has 2 saturated heterocycles. The lowest BCUT2D eigenvalue weighted by Crippen LogP contribution is -2.46. The first-order chi connectivity index (χ1) is 16.1. The van der Waals surface area contributed by atoms with Crippen molar-refractivity contribution in [3.8, 4) is 11.1 Å². The van der Waals surface area contributed by atoms with Gasteiger partial charge in [0.05, 0.1) is 12.0 Å². The summed E-state index contributed by atoms with van der Waals surface area (Å²) >= 11 is 6.34. The van der Waals surface area contributed by atoms with Gasteiger partial charge in [-0.05, 0) is 49.4 Å². The largest absolute Gasteiger partial charge is 0.376 e. The number of nitrogens with zero attached hydrogens (tertiary/aromatic N) is 1. The Kier molecular flexibility index (Phi) is 6.38. The summed E-state index contributed by atoms with van der Waals surface area (Å²) in [5, 5.41) is 4.58. The highest BCUT2D eigenvalue weighted by Gasteiger charge is 2.30. The van der Waals surface area contributed by atoms with E-state index in [1.54, 1.807) is 6.07 Å². The maximum absolute atomic E-state index is 13.3. The van der Waals surface area contributed by atoms with Crippen LogP contribution in [0.4, 0.5) is 5.69 Å². The molecular formula is C26H28ClN3O3. The van der Waals surface area contributed by atoms with Gasteiger partial charge >= 0.3 is 0 Å². The van der Waals surface area contributed by atoms with Gasteiger partial charge in [0.1, 0.15) is 5.69 Å². The van der Waals surface area contributed by atoms with Gasteiger partial charge in [-0.15, -0.1) is 0 Å². The molecule has 172 valence electrons. The Morgan fingerprint density at radius 1 is 1.15 bits per heavy atom. The van der Waals surface area contributed by atoms with Crippen molar-refractivity contribution in [3.05, 3.63) is 63.9 Å². The highest BCUT2D eigenvalue weighted by atomic mass is 35.5. The lowest BCUT2D eigenvalue weighted by molar-refractivity contribution is -0.125. The number of amides is 1. The number of ether oxygens (including phenoxy) is 1. The van der Waals surface area contributed by atoms with E-state index in [2.05, 4.69) is 15.2 Å². The summed E-state index contributed by atoms with van der Waals surface area (Å²) < 4.78 is 5.63. The van der Waals surface area contributed by atoms with Crippen molar-refractivity contribution in [2.24, 2.45) is 5.92 Å². The van der Waals surface area contributed by atoms with Crippen molar-refractivity contribution >= 4 is 34.1 Å². The molecule has 2 fully saturated rings. The fourth-order valence-electron chi connectivity index (χ4n) is 5.01. The molecule has 6 nitrogen and oxygen atoms in total. The van der Waals surface area contributed by atoms with Crippen LogP contribution in [0.1, 0.15) is 25.7 Å². The topological polar surface area (TPSA) is 74.4 Å². The third-order valence-electron chi connectivity index (χ3n) is 6.65. The number of rotatable bonds is 5. The molecule has 5 rings (SSSR count). The molecule has 3 heterocycles. The number of halogens is 1. The van der Waals surface area contributed by atoms with Crippen LogP contribution in [-0.2, 0) is 9.53 Å². The molecule has 2 atom stereocenters. The molecule has 2 aliphatic heterocycles. The van der Waals surface area contributed by atoms with Crippen LogP contribution in [0.2, 0.25) is 5.02 Å². The number of piperidine rings is 1. The molecule has 0 spiro atoms. The Bertz CT molecular complexity index is 1200. The Labute approximate surface area is 197 Å². The van der Waals surface area contributed by atoms with Gasteiger partial charge in [-0.25, -0.2) is 0 Å². The molecule has 33 heavy (non-hydrogen) atoms. The average Bonchev–Trinajstić information content (AvgIpc) is 3.36. The van der Waals surface area contributed by atoms with Crippen molar-refractivity contribution in [2.75, 3.05) is 31.1 Å². The van der Waals surface area contributed by atoms with E-state index in [0.717, 1.165) is 60.9 Å². The van der Waals surface area contributed by atoms with Crippen LogP contribution in [0.25, 0.3) is 22.0 Å². The van der Waals surface area contributed by atoms with Gasteiger partial charge in [0.15, 0.2) is 0 Å². The molecule has 7 heteroatoms. The van der Waals surface area contributed by atoms with Crippen molar-refractivity contribution < 1.29 is 9.53 Å². The van der Waals surface area contributed by atoms with E-state index in [1.165, 1.54) is 0 Å². The summed E-state index contributed by atoms with van der Waals surface area (Å²) in [7, 11) is 0. The maximum atomic E-state index is 13.3. The van der Waals surface area contributed by atoms with Crippen molar-refractivity contribution in [1.29, 1.82) is 0 Å². The molecule has 2 aromatic carbocycles. The lowest BCUT2D eigenvalue weighted by atomic mass is 9.94. The van der Waals surface area contributed by atoms with Crippen molar-refractivity contribution in [2.45, 2.75) is 31.8 Å². The maximum Gasteiger partial charge on any atom is 0.272 e. The summed E-state index contributed by atoms with van der Waals surface area (Å²) in [5.41, 5.74) is 3.01. The normalized spacial score (nSPS) is 20.8. The van der Waals surface area contributed by atoms with E-state index < -0.39 is 0 Å². The van der Waals surface area contributed by atoms with Gasteiger partial charge in [-0.1, -0.05) is 41.9 Å². The number of nitrogens with one attached hydrogen (secondary N) is 2. The van der Waals surface area contributed by atoms with E-state index in [9.17, 15) is 9.59 Å². The number of hydrogen-bond acceptors (Lipinski definition) is 4. The SMILES string of the molecule is O=C(NC[C@H]1CCCO1)[C@@H]1CCCN(c2c(-c3ccccc3)c3cc(Cl)ccc3[nH]c2=O)C1. The fourth-order valence-corrected chi connectivity index (χ4v) is 5.18. The Balaban J connectivity index is 1.49. The number of carbonyl (C=O) groups is 1. The Morgan fingerprint density at radius 3 is 2.79 bits per heavy atom. The van der Waals surface area contributed by atoms with Gasteiger partial charge in [0, 0.05) is 47.7 Å². The van der Waals surface area contributed by atoms with Gasteiger partial charge in [0.2, 0.25) is 5.91 Å². The molecule has 2 N–H and O–H groups in total. The number of H-pyrrole nitrogens is 1. The number of hydrogen-bond donors (Lipinski definition) is 2. The number of fused-ring (bicyclic) bond motifs is 1. The Hall–Kier alpha value is -2.83. The zero-order valence-electron chi connectivity index (χ0n) is 18.5. The minimum atomic E-state index is -0.168. The average molecular weight is 466 g/mol. The van der Waals surface area contributed by atoms with E-state index in [0.29, 0.717) is 23.8 Å². The summed E-state index contributed by atoms with van der Waals surface area (Å²) in [6, 6.07) is 15.4. The molecule has 0 radical (unpaired) electrons. The van der Waals surface area contributed by atoms with Crippen molar-refractivity contribution in [3.63, 3.8) is 0 Å². The number of aromatic amines is 1. The van der Waals surface area contributed by atoms with Crippen LogP contribution in [0.3, 0.4) is 0 Å². The number of pyridine rings is 1. The second-order valence-corrected chi connectivity index (χ2v) is 9.34. The fraction of sp³-hybridized carbons (Fsp3) is 0.385. The molecule has 1 aromatic heterocycles. The Morgan fingerprint density at radius 2 is 2.00 bits per heavy atom. The molecule has 2 aliphatic rings. The van der Waals surface area contributed by atoms with E-state index in [-0.39, 0.29) is 23.5 Å². The second-order valence-electron chi connectivity index (χ2n) is 8.90. The molecule has 0 saturated carbocycles. The zero-order valence-corrected chi connectivity index (χ0v) is 19.2. The second kappa shape index (κ2) is 9.57. The minimum Gasteiger partial charge on any atom is -0.376 e. The summed E-state index contributed by atoms with van der Waals surface area (Å²) in [4.78, 5) is 31.4. The molecule has 1 amide bonds. The first-order valence-electron chi connectivity index (χ1n) is 11.7. The van der Waals surface area contributed by atoms with Gasteiger partial charge < -0.3 is 19.9 Å². The first-order valence-corrected chi connectivity index (χ1v) is 12.0. The van der Waals surface area contributed by atoms with Crippen LogP contribution < -0.4 is 15.8 Å². The third kappa shape index (κ3) is 4.63. The van der Waals surface area contributed by atoms with E-state index in [4.69, 9.17) is 16.3 Å². The molecule has 0 bridgehead atoms. The highest BCUT2D eigenvalue weighted by Crippen LogP contribution is 2.37. The molecule has 0 aliphatic carbocycles. The zero-order chi connectivity index (χ0) is 22.8. The molecule has 3 aromatic rings. The van der Waals surface area contributed by atoms with E-state index >= 15 is 0 Å². The summed E-state index contributed by atoms with van der Waals surface area (Å²) in [6.07, 6.45) is 3.82. The van der Waals surface area contributed by atoms with Gasteiger partial charge in [-0.3, -0.25) is 9.59 Å². The summed E-state index contributed by atoms with van der Waals surface area (Å²) in [5.74, 6) is -0.130. The van der Waals surface area contributed by atoms with Crippen LogP contribution in [0.5, 0.6) is 0 Å². The smallest absolute Gasteiger partial charge is 0.272 e. The molecule has 0 unspecified atom stereocenters. The highest BCUT2D eigenvalue weighted by molar-refractivity contribution is 6.31. The monoisotopic (exact) mass is 465 g/mol. The number of anilines is 1. The number of benzene rings is 2. The summed E-state index contributed by atoms with van der Waals surface area (Å²) in [6.45, 7) is 2.56. The minimum absolute atomic E-state index is 0.0386.